The zero-order chi connectivity index (χ0) is 46.4. The Morgan fingerprint density at radius 2 is 1.05 bits per heavy atom. The van der Waals surface area contributed by atoms with E-state index in [4.69, 9.17) is 9.47 Å². The summed E-state index contributed by atoms with van der Waals surface area (Å²) in [7, 11) is 6.84. The van der Waals surface area contributed by atoms with Crippen molar-refractivity contribution in [3.8, 4) is 0 Å². The molecule has 0 aromatic rings. The number of rotatable bonds is 21. The Morgan fingerprint density at radius 1 is 0.593 bits per heavy atom. The Kier molecular flexibility index (Phi) is 22.1. The quantitative estimate of drug-likeness (QED) is 0.122. The highest BCUT2D eigenvalue weighted by molar-refractivity contribution is 5.97. The van der Waals surface area contributed by atoms with Crippen LogP contribution in [0.15, 0.2) is 0 Å². The molecule has 0 aliphatic rings. The number of amides is 7. The molecule has 0 saturated carbocycles. The molecule has 0 unspecified atom stereocenters. The van der Waals surface area contributed by atoms with Crippen LogP contribution in [-0.2, 0) is 43.0 Å². The zero-order valence-corrected chi connectivity index (χ0v) is 38.8. The lowest BCUT2D eigenvalue weighted by atomic mass is 9.96. The molecule has 0 rings (SSSR count). The van der Waals surface area contributed by atoms with E-state index in [1.165, 1.54) is 72.8 Å². The van der Waals surface area contributed by atoms with Crippen molar-refractivity contribution < 1.29 is 52.9 Å². The molecule has 0 heterocycles. The number of carbonyl (C=O) groups excluding carboxylic acids is 8. The van der Waals surface area contributed by atoms with Crippen LogP contribution in [-0.4, -0.2) is 162 Å². The van der Waals surface area contributed by atoms with Gasteiger partial charge in [-0.05, 0) is 79.1 Å². The van der Waals surface area contributed by atoms with Gasteiger partial charge >= 0.3 is 12.1 Å². The van der Waals surface area contributed by atoms with Crippen molar-refractivity contribution in [1.29, 1.82) is 0 Å². The Bertz CT molecular complexity index is 1460. The first-order valence-corrected chi connectivity index (χ1v) is 20.4. The highest BCUT2D eigenvalue weighted by atomic mass is 16.6. The lowest BCUT2D eigenvalue weighted by Gasteiger charge is -2.36. The van der Waals surface area contributed by atoms with Crippen LogP contribution in [0.2, 0.25) is 0 Å². The molecular formula is C41H75N7O11. The second-order valence-electron chi connectivity index (χ2n) is 17.4. The fourth-order valence-electron chi connectivity index (χ4n) is 5.93. The van der Waals surface area contributed by atoms with Crippen LogP contribution < -0.4 is 16.0 Å². The highest BCUT2D eigenvalue weighted by Crippen LogP contribution is 2.18. The number of ether oxygens (including phenoxy) is 2. The fourth-order valence-corrected chi connectivity index (χ4v) is 5.93. The molecule has 59 heavy (non-hydrogen) atoms. The van der Waals surface area contributed by atoms with E-state index in [0.29, 0.717) is 12.8 Å². The predicted octanol–water partition coefficient (Wildman–Crippen LogP) is 1.91. The molecule has 9 atom stereocenters. The number of aliphatic hydroxyl groups excluding tert-OH is 1. The summed E-state index contributed by atoms with van der Waals surface area (Å²) in [6.07, 6.45) is -1.16. The van der Waals surface area contributed by atoms with E-state index in [1.807, 2.05) is 27.7 Å². The van der Waals surface area contributed by atoms with Crippen molar-refractivity contribution in [2.24, 2.45) is 17.8 Å². The van der Waals surface area contributed by atoms with Gasteiger partial charge in [0.2, 0.25) is 35.4 Å². The first kappa shape index (κ1) is 54.5. The molecule has 0 aliphatic heterocycles. The van der Waals surface area contributed by atoms with Gasteiger partial charge in [-0.1, -0.05) is 48.0 Å². The molecular weight excluding hydrogens is 766 g/mol. The molecule has 0 aliphatic carbocycles. The number of nitrogens with one attached hydrogen (secondary N) is 3. The molecule has 7 amide bonds. The summed E-state index contributed by atoms with van der Waals surface area (Å²) in [5.74, 6) is -5.05. The highest BCUT2D eigenvalue weighted by Gasteiger charge is 2.40. The van der Waals surface area contributed by atoms with Crippen molar-refractivity contribution in [2.75, 3.05) is 35.3 Å². The van der Waals surface area contributed by atoms with Crippen LogP contribution >= 0.6 is 0 Å². The summed E-state index contributed by atoms with van der Waals surface area (Å²) < 4.78 is 10.2. The number of methoxy groups -OCH3 is 1. The topological polar surface area (TPSA) is 224 Å². The second-order valence-corrected chi connectivity index (χ2v) is 17.4. The van der Waals surface area contributed by atoms with Crippen LogP contribution in [0, 0.1) is 17.8 Å². The number of likely N-dealkylation sites (N-methyl/N-ethyl adjacent to an activating group) is 4. The Hall–Kier alpha value is -4.48. The van der Waals surface area contributed by atoms with Gasteiger partial charge in [0, 0.05) is 28.2 Å². The van der Waals surface area contributed by atoms with Crippen molar-refractivity contribution in [1.82, 2.24) is 35.6 Å². The van der Waals surface area contributed by atoms with Crippen molar-refractivity contribution in [3.05, 3.63) is 0 Å². The zero-order valence-electron chi connectivity index (χ0n) is 38.8. The number of nitrogens with zero attached hydrogens (tertiary/aromatic N) is 4. The minimum atomic E-state index is -1.55. The molecule has 0 saturated heterocycles. The second kappa shape index (κ2) is 23.9. The van der Waals surface area contributed by atoms with Gasteiger partial charge in [0.25, 0.3) is 0 Å². The minimum absolute atomic E-state index is 0.0250. The third-order valence-corrected chi connectivity index (χ3v) is 10.4. The summed E-state index contributed by atoms with van der Waals surface area (Å²) in [4.78, 5) is 112. The van der Waals surface area contributed by atoms with Gasteiger partial charge in [0.15, 0.2) is 0 Å². The van der Waals surface area contributed by atoms with Crippen LogP contribution in [0.5, 0.6) is 0 Å². The molecule has 4 N–H and O–H groups in total. The first-order valence-electron chi connectivity index (χ1n) is 20.4. The molecule has 18 nitrogen and oxygen atoms in total. The van der Waals surface area contributed by atoms with Crippen LogP contribution in [0.25, 0.3) is 0 Å². The predicted molar refractivity (Wildman–Crippen MR) is 222 cm³/mol. The van der Waals surface area contributed by atoms with Crippen molar-refractivity contribution in [3.63, 3.8) is 0 Å². The number of hydrogen-bond donors (Lipinski definition) is 4. The number of carbonyl (C=O) groups is 8. The molecule has 0 aromatic carbocycles. The lowest BCUT2D eigenvalue weighted by molar-refractivity contribution is -0.150. The van der Waals surface area contributed by atoms with Gasteiger partial charge in [0.05, 0.1) is 13.2 Å². The van der Waals surface area contributed by atoms with Crippen LogP contribution in [0.4, 0.5) is 4.79 Å². The molecule has 18 heteroatoms. The third-order valence-electron chi connectivity index (χ3n) is 10.4. The average Bonchev–Trinajstić information content (AvgIpc) is 3.15. The standard InChI is InChI=1S/C41H75N7O11/c1-19-24(6)31(38(55)46(15)26(8)37(54)48(17)30(21-23(4)5)34(51)42-29(20-22(2)3)39(56)58-18)43-35(52)32(28(10)49)44-33(50)25(7)45(14)36(53)27(9)47(16)40(57)59-41(11,12)13/h22-32,49H,19-21H2,1-18H3,(H,42,51)(H,43,52)(H,44,50)/t24-,25+,26-,27-,28+,29-,30-,31+,32+/m0/s1. The van der Waals surface area contributed by atoms with Crippen molar-refractivity contribution >= 4 is 47.5 Å². The Morgan fingerprint density at radius 3 is 1.49 bits per heavy atom. The van der Waals surface area contributed by atoms with E-state index >= 15 is 0 Å². The van der Waals surface area contributed by atoms with E-state index in [2.05, 4.69) is 16.0 Å². The van der Waals surface area contributed by atoms with Gasteiger partial charge in [-0.25, -0.2) is 9.59 Å². The largest absolute Gasteiger partial charge is 0.467 e. The van der Waals surface area contributed by atoms with Gasteiger partial charge < -0.3 is 45.2 Å². The van der Waals surface area contributed by atoms with E-state index in [1.54, 1.807) is 34.6 Å². The van der Waals surface area contributed by atoms with Crippen molar-refractivity contribution in [2.45, 2.75) is 163 Å². The van der Waals surface area contributed by atoms with E-state index < -0.39 is 107 Å². The van der Waals surface area contributed by atoms with Gasteiger partial charge in [-0.15, -0.1) is 0 Å². The number of esters is 1. The molecule has 0 aromatic heterocycles. The first-order chi connectivity index (χ1) is 26.9. The molecule has 0 radical (unpaired) electrons. The van der Waals surface area contributed by atoms with E-state index in [9.17, 15) is 43.5 Å². The number of hydrogen-bond acceptors (Lipinski definition) is 11. The summed E-state index contributed by atoms with van der Waals surface area (Å²) in [5.41, 5.74) is -0.799. The summed E-state index contributed by atoms with van der Waals surface area (Å²) in [6, 6.07) is -7.94. The normalized spacial score (nSPS) is 16.2. The molecule has 0 bridgehead atoms. The maximum atomic E-state index is 14.1. The molecule has 0 spiro atoms. The maximum absolute atomic E-state index is 14.1. The van der Waals surface area contributed by atoms with Gasteiger partial charge in [-0.3, -0.25) is 33.7 Å². The maximum Gasteiger partial charge on any atom is 0.410 e. The summed E-state index contributed by atoms with van der Waals surface area (Å²) >= 11 is 0. The van der Waals surface area contributed by atoms with Crippen LogP contribution in [0.1, 0.15) is 109 Å². The van der Waals surface area contributed by atoms with E-state index in [0.717, 1.165) is 9.80 Å². The number of aliphatic hydroxyl groups is 1. The van der Waals surface area contributed by atoms with Crippen LogP contribution in [0.3, 0.4) is 0 Å². The smallest absolute Gasteiger partial charge is 0.410 e. The molecule has 340 valence electrons. The lowest BCUT2D eigenvalue weighted by Crippen LogP contribution is -2.62. The average molecular weight is 842 g/mol. The monoisotopic (exact) mass is 842 g/mol. The minimum Gasteiger partial charge on any atom is -0.467 e. The Balaban J connectivity index is 6.20. The summed E-state index contributed by atoms with van der Waals surface area (Å²) in [5, 5.41) is 18.5. The molecule has 0 fully saturated rings. The van der Waals surface area contributed by atoms with Gasteiger partial charge in [-0.2, -0.15) is 0 Å². The summed E-state index contributed by atoms with van der Waals surface area (Å²) in [6.45, 7) is 21.8. The fraction of sp³-hybridized carbons (Fsp3) is 0.805. The Labute approximate surface area is 351 Å². The van der Waals surface area contributed by atoms with Gasteiger partial charge in [0.1, 0.15) is 47.9 Å². The SMILES string of the molecule is CC[C@H](C)[C@@H](NC(=O)[C@H](NC(=O)[C@@H](C)N(C)C(=O)[C@H](C)N(C)C(=O)OC(C)(C)C)[C@@H](C)O)C(=O)N(C)[C@@H](C)C(=O)N(C)[C@@H](CC(C)C)C(=O)N[C@@H](CC(C)C)C(=O)OC. The van der Waals surface area contributed by atoms with E-state index in [-0.39, 0.29) is 18.3 Å². The third kappa shape index (κ3) is 16.6.